The molecule has 0 radical (unpaired) electrons. The summed E-state index contributed by atoms with van der Waals surface area (Å²) in [5.41, 5.74) is 6.56. The van der Waals surface area contributed by atoms with Crippen molar-refractivity contribution >= 4 is 0 Å². The van der Waals surface area contributed by atoms with Crippen LogP contribution in [0.15, 0.2) is 84.5 Å². The number of hydrogen-bond donors (Lipinski definition) is 0. The zero-order chi connectivity index (χ0) is 21.8. The van der Waals surface area contributed by atoms with Crippen molar-refractivity contribution in [2.24, 2.45) is 0 Å². The van der Waals surface area contributed by atoms with Gasteiger partial charge in [-0.25, -0.2) is 0 Å². The third kappa shape index (κ3) is 7.71. The van der Waals surface area contributed by atoms with E-state index in [2.05, 4.69) is 62.1 Å². The first-order valence-electron chi connectivity index (χ1n) is 11.3. The van der Waals surface area contributed by atoms with Gasteiger partial charge in [-0.05, 0) is 75.3 Å². The van der Waals surface area contributed by atoms with Gasteiger partial charge in [-0.1, -0.05) is 91.6 Å². The van der Waals surface area contributed by atoms with Gasteiger partial charge in [-0.2, -0.15) is 0 Å². The lowest BCUT2D eigenvalue weighted by atomic mass is 9.84. The average Bonchev–Trinajstić information content (AvgIpc) is 2.81. The van der Waals surface area contributed by atoms with E-state index < -0.39 is 0 Å². The van der Waals surface area contributed by atoms with Crippen LogP contribution in [0.25, 0.3) is 11.1 Å². The fourth-order valence-electron chi connectivity index (χ4n) is 3.80. The minimum atomic E-state index is 0.718. The molecular weight excluding hydrogens is 364 g/mol. The highest BCUT2D eigenvalue weighted by Gasteiger charge is 2.15. The molecule has 1 nitrogen and oxygen atoms in total. The summed E-state index contributed by atoms with van der Waals surface area (Å²) in [7, 11) is 0. The molecule has 0 amide bonds. The van der Waals surface area contributed by atoms with E-state index in [4.69, 9.17) is 4.74 Å². The molecule has 0 atom stereocenters. The van der Waals surface area contributed by atoms with Gasteiger partial charge in [0.2, 0.25) is 0 Å². The Bertz CT molecular complexity index is 816. The predicted molar refractivity (Wildman–Crippen MR) is 132 cm³/mol. The molecule has 0 saturated heterocycles. The van der Waals surface area contributed by atoms with Crippen LogP contribution in [-0.2, 0) is 0 Å². The van der Waals surface area contributed by atoms with E-state index in [1.165, 1.54) is 59.9 Å². The number of ether oxygens (including phenoxy) is 1. The zero-order valence-electron chi connectivity index (χ0n) is 19.3. The number of allylic oxidation sites excluding steroid dienone is 5. The van der Waals surface area contributed by atoms with Crippen molar-refractivity contribution < 1.29 is 4.74 Å². The molecule has 1 heteroatoms. The molecule has 0 aliphatic heterocycles. The first kappa shape index (κ1) is 23.7. The van der Waals surface area contributed by atoms with Crippen molar-refractivity contribution in [2.45, 2.75) is 65.7 Å². The van der Waals surface area contributed by atoms with Crippen molar-refractivity contribution in [1.29, 1.82) is 0 Å². The fourth-order valence-corrected chi connectivity index (χ4v) is 3.80. The molecular formula is C29H38O. The minimum absolute atomic E-state index is 0.718. The van der Waals surface area contributed by atoms with Crippen molar-refractivity contribution in [2.75, 3.05) is 6.61 Å². The Labute approximate surface area is 184 Å². The molecule has 0 N–H and O–H groups in total. The van der Waals surface area contributed by atoms with Crippen LogP contribution in [0.1, 0.15) is 71.3 Å². The molecule has 2 aromatic rings. The molecule has 0 unspecified atom stereocenters. The smallest absolute Gasteiger partial charge is 0.119 e. The highest BCUT2D eigenvalue weighted by molar-refractivity contribution is 5.64. The summed E-state index contributed by atoms with van der Waals surface area (Å²) >= 11 is 0. The molecule has 1 saturated carbocycles. The van der Waals surface area contributed by atoms with E-state index in [0.717, 1.165) is 18.3 Å². The Morgan fingerprint density at radius 3 is 1.97 bits per heavy atom. The topological polar surface area (TPSA) is 9.23 Å². The standard InChI is InChI=1S/C20H24O.C9H14/c1-2-21-20-14-12-19(13-15-20)18-10-8-17(9-11-18)16-6-4-3-5-7-16;1-5-8(3)7-9(4)6-2/h8-16H,2-7H2,1H3;5-7H,1H2,2-4H3/b;8-7-,9-6-. The van der Waals surface area contributed by atoms with Crippen LogP contribution >= 0.6 is 0 Å². The fraction of sp³-hybridized carbons (Fsp3) is 0.379. The normalized spacial score (nSPS) is 15.2. The maximum absolute atomic E-state index is 5.50. The van der Waals surface area contributed by atoms with Crippen molar-refractivity contribution in [3.05, 3.63) is 90.0 Å². The van der Waals surface area contributed by atoms with Crippen molar-refractivity contribution in [1.82, 2.24) is 0 Å². The SMILES string of the molecule is C=C/C(C)=C\C(C)=C/C.CCOc1ccc(-c2ccc(C3CCCCC3)cc2)cc1. The Morgan fingerprint density at radius 2 is 1.47 bits per heavy atom. The second-order valence-electron chi connectivity index (χ2n) is 8.04. The Hall–Kier alpha value is -2.54. The summed E-state index contributed by atoms with van der Waals surface area (Å²) in [5.74, 6) is 1.73. The Kier molecular flexibility index (Phi) is 10.2. The van der Waals surface area contributed by atoms with E-state index in [1.54, 1.807) is 0 Å². The highest BCUT2D eigenvalue weighted by Crippen LogP contribution is 2.33. The van der Waals surface area contributed by atoms with Crippen LogP contribution in [0.5, 0.6) is 5.75 Å². The van der Waals surface area contributed by atoms with Gasteiger partial charge in [0.15, 0.2) is 0 Å². The zero-order valence-corrected chi connectivity index (χ0v) is 19.3. The summed E-state index contributed by atoms with van der Waals surface area (Å²) in [6, 6.07) is 17.5. The second-order valence-corrected chi connectivity index (χ2v) is 8.04. The summed E-state index contributed by atoms with van der Waals surface area (Å²) < 4.78 is 5.50. The predicted octanol–water partition coefficient (Wildman–Crippen LogP) is 8.88. The van der Waals surface area contributed by atoms with Crippen LogP contribution in [0.4, 0.5) is 0 Å². The molecule has 1 aliphatic carbocycles. The summed E-state index contributed by atoms with van der Waals surface area (Å²) in [5, 5.41) is 0. The van der Waals surface area contributed by atoms with E-state index in [1.807, 2.05) is 39.0 Å². The summed E-state index contributed by atoms with van der Waals surface area (Å²) in [6.07, 6.45) is 13.0. The van der Waals surface area contributed by atoms with Gasteiger partial charge in [0.25, 0.3) is 0 Å². The van der Waals surface area contributed by atoms with Crippen LogP contribution in [0.2, 0.25) is 0 Å². The number of hydrogen-bond acceptors (Lipinski definition) is 1. The molecule has 0 spiro atoms. The molecule has 0 bridgehead atoms. The summed E-state index contributed by atoms with van der Waals surface area (Å²) in [4.78, 5) is 0. The Morgan fingerprint density at radius 1 is 0.900 bits per heavy atom. The average molecular weight is 403 g/mol. The van der Waals surface area contributed by atoms with Crippen LogP contribution in [0, 0.1) is 0 Å². The van der Waals surface area contributed by atoms with Crippen LogP contribution in [-0.4, -0.2) is 6.61 Å². The van der Waals surface area contributed by atoms with Crippen LogP contribution < -0.4 is 4.74 Å². The van der Waals surface area contributed by atoms with Gasteiger partial charge in [0.1, 0.15) is 5.75 Å². The van der Waals surface area contributed by atoms with Gasteiger partial charge in [-0.15, -0.1) is 0 Å². The molecule has 30 heavy (non-hydrogen) atoms. The van der Waals surface area contributed by atoms with Gasteiger partial charge < -0.3 is 4.74 Å². The summed E-state index contributed by atoms with van der Waals surface area (Å²) in [6.45, 7) is 12.5. The van der Waals surface area contributed by atoms with Gasteiger partial charge >= 0.3 is 0 Å². The lowest BCUT2D eigenvalue weighted by molar-refractivity contribution is 0.340. The molecule has 0 aromatic heterocycles. The molecule has 1 fully saturated rings. The second kappa shape index (κ2) is 12.9. The first-order chi connectivity index (χ1) is 14.6. The highest BCUT2D eigenvalue weighted by atomic mass is 16.5. The van der Waals surface area contributed by atoms with E-state index in [0.29, 0.717) is 0 Å². The van der Waals surface area contributed by atoms with Gasteiger partial charge in [0.05, 0.1) is 6.61 Å². The van der Waals surface area contributed by atoms with Crippen molar-refractivity contribution in [3.63, 3.8) is 0 Å². The molecule has 2 aromatic carbocycles. The Balaban J connectivity index is 0.000000303. The quantitative estimate of drug-likeness (QED) is 0.438. The maximum Gasteiger partial charge on any atom is 0.119 e. The third-order valence-corrected chi connectivity index (χ3v) is 5.72. The van der Waals surface area contributed by atoms with Gasteiger partial charge in [0, 0.05) is 0 Å². The largest absolute Gasteiger partial charge is 0.494 e. The molecule has 1 aliphatic rings. The molecule has 0 heterocycles. The lowest BCUT2D eigenvalue weighted by Crippen LogP contribution is -2.04. The third-order valence-electron chi connectivity index (χ3n) is 5.72. The molecule has 160 valence electrons. The van der Waals surface area contributed by atoms with Crippen molar-refractivity contribution in [3.8, 4) is 16.9 Å². The number of benzene rings is 2. The van der Waals surface area contributed by atoms with Crippen LogP contribution in [0.3, 0.4) is 0 Å². The molecule has 3 rings (SSSR count). The minimum Gasteiger partial charge on any atom is -0.494 e. The van der Waals surface area contributed by atoms with E-state index in [-0.39, 0.29) is 0 Å². The number of rotatable bonds is 6. The maximum atomic E-state index is 5.50. The van der Waals surface area contributed by atoms with E-state index >= 15 is 0 Å². The monoisotopic (exact) mass is 402 g/mol. The van der Waals surface area contributed by atoms with Gasteiger partial charge in [-0.3, -0.25) is 0 Å². The first-order valence-corrected chi connectivity index (χ1v) is 11.3. The van der Waals surface area contributed by atoms with E-state index in [9.17, 15) is 0 Å². The lowest BCUT2D eigenvalue weighted by Gasteiger charge is -2.22.